The zero-order valence-corrected chi connectivity index (χ0v) is 22.9. The van der Waals surface area contributed by atoms with Crippen molar-refractivity contribution in [3.05, 3.63) is 0 Å². The Morgan fingerprint density at radius 1 is 0.500 bits per heavy atom. The van der Waals surface area contributed by atoms with E-state index in [1.165, 1.54) is 25.7 Å². The van der Waals surface area contributed by atoms with E-state index in [-0.39, 0.29) is 48.5 Å². The number of rotatable bonds is 19. The second-order valence-electron chi connectivity index (χ2n) is 10.3. The van der Waals surface area contributed by atoms with Gasteiger partial charge in [-0.15, -0.1) is 0 Å². The predicted octanol–water partition coefficient (Wildman–Crippen LogP) is 4.16. The number of hydrogen-bond donors (Lipinski definition) is 0. The first-order valence-electron chi connectivity index (χ1n) is 13.9. The average molecular weight is 515 g/mol. The molecule has 0 amide bonds. The molecule has 8 heteroatoms. The van der Waals surface area contributed by atoms with Crippen LogP contribution in [0.5, 0.6) is 0 Å². The minimum Gasteiger partial charge on any atom is -0.379 e. The Morgan fingerprint density at radius 3 is 1.03 bits per heavy atom. The van der Waals surface area contributed by atoms with Crippen molar-refractivity contribution < 1.29 is 38.0 Å². The monoisotopic (exact) mass is 514 g/mol. The fraction of sp³-hybridized carbons (Fsp3) is 0.929. The molecule has 36 heavy (non-hydrogen) atoms. The molecule has 210 valence electrons. The lowest BCUT2D eigenvalue weighted by Gasteiger charge is -2.38. The average Bonchev–Trinajstić information content (AvgIpc) is 2.92. The molecule has 4 atom stereocenters. The first-order chi connectivity index (χ1) is 17.6. The second kappa shape index (κ2) is 18.4. The van der Waals surface area contributed by atoms with Crippen LogP contribution in [0.15, 0.2) is 0 Å². The van der Waals surface area contributed by atoms with Crippen LogP contribution in [-0.4, -0.2) is 90.8 Å². The van der Waals surface area contributed by atoms with Gasteiger partial charge < -0.3 is 38.0 Å². The minimum atomic E-state index is -0.100. The lowest BCUT2D eigenvalue weighted by atomic mass is 9.84. The number of carbonyl (C=O) groups excluding carboxylic acids is 2. The van der Waals surface area contributed by atoms with Crippen LogP contribution in [0.3, 0.4) is 0 Å². The van der Waals surface area contributed by atoms with Gasteiger partial charge >= 0.3 is 0 Å². The molecular formula is C28H50O8. The third-order valence-electron chi connectivity index (χ3n) is 7.86. The highest BCUT2D eigenvalue weighted by Gasteiger charge is 2.40. The molecule has 2 aliphatic rings. The van der Waals surface area contributed by atoms with Crippen LogP contribution in [0.2, 0.25) is 0 Å². The van der Waals surface area contributed by atoms with Gasteiger partial charge in [0.2, 0.25) is 0 Å². The molecule has 0 aliphatic heterocycles. The third-order valence-corrected chi connectivity index (χ3v) is 7.86. The van der Waals surface area contributed by atoms with Gasteiger partial charge in [0.25, 0.3) is 0 Å². The maximum atomic E-state index is 11.2. The summed E-state index contributed by atoms with van der Waals surface area (Å²) in [6.07, 6.45) is 13.6. The molecule has 0 aromatic rings. The van der Waals surface area contributed by atoms with Gasteiger partial charge in [-0.25, -0.2) is 0 Å². The van der Waals surface area contributed by atoms with E-state index < -0.39 is 0 Å². The molecule has 2 saturated carbocycles. The Bertz CT molecular complexity index is 510. The summed E-state index contributed by atoms with van der Waals surface area (Å²) in [6, 6.07) is 0. The topological polar surface area (TPSA) is 89.5 Å². The number of unbranched alkanes of at least 4 members (excludes halogenated alkanes) is 7. The minimum absolute atomic E-state index is 0.0145. The molecule has 2 rings (SSSR count). The van der Waals surface area contributed by atoms with Crippen molar-refractivity contribution in [1.29, 1.82) is 0 Å². The molecule has 0 N–H and O–H groups in total. The van der Waals surface area contributed by atoms with Crippen LogP contribution in [0.1, 0.15) is 77.0 Å². The molecule has 4 unspecified atom stereocenters. The highest BCUT2D eigenvalue weighted by Crippen LogP contribution is 2.31. The van der Waals surface area contributed by atoms with Crippen molar-refractivity contribution in [1.82, 2.24) is 0 Å². The Labute approximate surface area is 218 Å². The van der Waals surface area contributed by atoms with Crippen molar-refractivity contribution in [3.63, 3.8) is 0 Å². The number of methoxy groups -OCH3 is 4. The predicted molar refractivity (Wildman–Crippen MR) is 137 cm³/mol. The zero-order chi connectivity index (χ0) is 26.2. The van der Waals surface area contributed by atoms with Crippen molar-refractivity contribution >= 4 is 12.6 Å². The summed E-state index contributed by atoms with van der Waals surface area (Å²) >= 11 is 0. The lowest BCUT2D eigenvalue weighted by Crippen LogP contribution is -2.48. The fourth-order valence-corrected chi connectivity index (χ4v) is 5.68. The number of aldehydes is 2. The van der Waals surface area contributed by atoms with Gasteiger partial charge in [-0.1, -0.05) is 38.5 Å². The molecule has 2 aliphatic carbocycles. The molecule has 0 heterocycles. The summed E-state index contributed by atoms with van der Waals surface area (Å²) in [5, 5.41) is 0. The number of hydrogen-bond acceptors (Lipinski definition) is 8. The first-order valence-corrected chi connectivity index (χ1v) is 13.9. The van der Waals surface area contributed by atoms with Gasteiger partial charge in [0.15, 0.2) is 0 Å². The lowest BCUT2D eigenvalue weighted by molar-refractivity contribution is -0.156. The van der Waals surface area contributed by atoms with Gasteiger partial charge in [-0.3, -0.25) is 0 Å². The van der Waals surface area contributed by atoms with E-state index >= 15 is 0 Å². The van der Waals surface area contributed by atoms with Crippen molar-refractivity contribution in [2.45, 2.75) is 114 Å². The Kier molecular flexibility index (Phi) is 16.0. The Hall–Kier alpha value is -0.900. The highest BCUT2D eigenvalue weighted by atomic mass is 16.6. The van der Waals surface area contributed by atoms with Crippen molar-refractivity contribution in [2.75, 3.05) is 41.7 Å². The van der Waals surface area contributed by atoms with Crippen molar-refractivity contribution in [2.24, 2.45) is 11.8 Å². The molecule has 0 radical (unpaired) electrons. The third kappa shape index (κ3) is 10.1. The molecule has 0 saturated heterocycles. The van der Waals surface area contributed by atoms with E-state index in [2.05, 4.69) is 0 Å². The number of ether oxygens (including phenoxy) is 6. The van der Waals surface area contributed by atoms with E-state index in [1.807, 2.05) is 0 Å². The zero-order valence-electron chi connectivity index (χ0n) is 22.9. The van der Waals surface area contributed by atoms with Crippen LogP contribution < -0.4 is 0 Å². The van der Waals surface area contributed by atoms with E-state index in [0.29, 0.717) is 38.9 Å². The van der Waals surface area contributed by atoms with E-state index in [1.54, 1.807) is 28.4 Å². The first kappa shape index (κ1) is 31.3. The maximum absolute atomic E-state index is 11.2. The molecule has 0 aromatic heterocycles. The van der Waals surface area contributed by atoms with Crippen LogP contribution >= 0.6 is 0 Å². The summed E-state index contributed by atoms with van der Waals surface area (Å²) in [6.45, 7) is 1.40. The van der Waals surface area contributed by atoms with Gasteiger partial charge in [0.1, 0.15) is 24.8 Å². The summed E-state index contributed by atoms with van der Waals surface area (Å²) in [4.78, 5) is 22.4. The van der Waals surface area contributed by atoms with E-state index in [0.717, 1.165) is 38.3 Å². The van der Waals surface area contributed by atoms with Crippen LogP contribution in [-0.2, 0) is 38.0 Å². The van der Waals surface area contributed by atoms with Gasteiger partial charge in [-0.05, 0) is 38.5 Å². The van der Waals surface area contributed by atoms with Crippen molar-refractivity contribution in [3.8, 4) is 0 Å². The fourth-order valence-electron chi connectivity index (χ4n) is 5.68. The van der Waals surface area contributed by atoms with E-state index in [4.69, 9.17) is 28.4 Å². The molecule has 2 fully saturated rings. The van der Waals surface area contributed by atoms with E-state index in [9.17, 15) is 9.59 Å². The molecule has 0 bridgehead atoms. The summed E-state index contributed by atoms with van der Waals surface area (Å²) in [5.41, 5.74) is 0. The highest BCUT2D eigenvalue weighted by molar-refractivity contribution is 5.54. The SMILES string of the molecule is COC1CC(C=O)CC(OC)C1OCCCCCCCCCCOC1C(OC)CC(C=O)CC1OC. The smallest absolute Gasteiger partial charge is 0.123 e. The Balaban J connectivity index is 1.49. The quantitative estimate of drug-likeness (QED) is 0.188. The van der Waals surface area contributed by atoms with Crippen LogP contribution in [0.4, 0.5) is 0 Å². The maximum Gasteiger partial charge on any atom is 0.123 e. The van der Waals surface area contributed by atoms with Crippen LogP contribution in [0, 0.1) is 11.8 Å². The molecule has 8 nitrogen and oxygen atoms in total. The summed E-state index contributed by atoms with van der Waals surface area (Å²) in [7, 11) is 6.72. The standard InChI is InChI=1S/C28H50O8/c1-31-23-15-21(19-29)16-24(32-2)27(23)35-13-11-9-7-5-6-8-10-12-14-36-28-25(33-3)17-22(20-30)18-26(28)34-4/h19-28H,5-18H2,1-4H3. The normalized spacial score (nSPS) is 32.9. The van der Waals surface area contributed by atoms with Gasteiger partial charge in [-0.2, -0.15) is 0 Å². The van der Waals surface area contributed by atoms with Crippen LogP contribution in [0.25, 0.3) is 0 Å². The second-order valence-corrected chi connectivity index (χ2v) is 10.3. The molecule has 0 spiro atoms. The Morgan fingerprint density at radius 2 is 0.778 bits per heavy atom. The summed E-state index contributed by atoms with van der Waals surface area (Å²) < 4.78 is 34.6. The van der Waals surface area contributed by atoms with Gasteiger partial charge in [0, 0.05) is 53.5 Å². The number of carbonyl (C=O) groups is 2. The molecular weight excluding hydrogens is 464 g/mol. The molecule has 0 aromatic carbocycles. The van der Waals surface area contributed by atoms with Gasteiger partial charge in [0.05, 0.1) is 24.4 Å². The summed E-state index contributed by atoms with van der Waals surface area (Å²) in [5.74, 6) is -0.0291. The largest absolute Gasteiger partial charge is 0.379 e.